The number of likely N-dealkylation sites (N-methyl/N-ethyl adjacent to an activating group) is 2. The molecule has 10 bridgehead atoms. The SMILES string of the molecule is CCC1C2CC3C4N(C)c5ccccc5C45CC(C2C5O)[N+]3(CC(=O)OC2CCC3(C)C(CCC4C3CCC3(C)C(C5=CC(=O)OC5)C(OC(=O)C[N+]56C(O)C(CC)C7CC5C5N(C)c8ccccc8C58CC6C7C8O)CC43O)C2)C1O.[Br-].[Br-]. The van der Waals surface area contributed by atoms with Gasteiger partial charge in [-0.1, -0.05) is 64.1 Å². The summed E-state index contributed by atoms with van der Waals surface area (Å²) in [6.45, 7) is 9.09. The van der Waals surface area contributed by atoms with E-state index in [2.05, 4.69) is 100 Å². The molecule has 15 nitrogen and oxygen atoms in total. The van der Waals surface area contributed by atoms with Gasteiger partial charge in [0.05, 0.1) is 52.8 Å². The minimum Gasteiger partial charge on any atom is -1.00 e. The molecule has 11 aliphatic heterocycles. The first kappa shape index (κ1) is 57.3. The summed E-state index contributed by atoms with van der Waals surface area (Å²) in [7, 11) is 4.28. The summed E-state index contributed by atoms with van der Waals surface area (Å²) >= 11 is 0. The van der Waals surface area contributed by atoms with Crippen LogP contribution in [0.2, 0.25) is 0 Å². The molecule has 0 aromatic heterocycles. The summed E-state index contributed by atoms with van der Waals surface area (Å²) in [6, 6.07) is 16.7. The zero-order valence-electron chi connectivity index (χ0n) is 49.6. The number of aliphatic hydroxyl groups excluding tert-OH is 4. The van der Waals surface area contributed by atoms with E-state index in [4.69, 9.17) is 14.2 Å². The van der Waals surface area contributed by atoms with E-state index in [9.17, 15) is 35.1 Å². The highest BCUT2D eigenvalue weighted by Crippen LogP contribution is 2.75. The number of halogens is 2. The van der Waals surface area contributed by atoms with E-state index in [1.165, 1.54) is 11.1 Å². The standard InChI is InChI=1S/C67H88N4O11.2BrH/c1-7-36-38-25-46-57-65(42-13-9-11-15-44(42)68(57)5)27-48(54(38)59(65)75)70(46,61(36)77)30-52(73)81-35-19-21-63(3)34(24-35)17-18-41-40(63)20-22-64(4)56(33-23-51(72)80-32-33)50(29-67(41,64)79)82-53(74)31-71-47-26-39(37(8-2)62(71)78)55-49(71)28-66(60(55)76)43-14-10-12-16-45(43)69(6)58(47)66;;/h9-16,23,34-41,46-50,54-62,75-79H,7-8,17-22,24-32H2,1-6H3;2*1H/q+2;;/p-2. The fourth-order valence-corrected chi connectivity index (χ4v) is 26.9. The van der Waals surface area contributed by atoms with Gasteiger partial charge in [0.2, 0.25) is 0 Å². The van der Waals surface area contributed by atoms with Gasteiger partial charge in [-0.2, -0.15) is 0 Å². The number of piperidine rings is 8. The Morgan fingerprint density at radius 3 is 1.74 bits per heavy atom. The normalized spacial score (nSPS) is 53.4. The maximum atomic E-state index is 15.4. The van der Waals surface area contributed by atoms with Crippen LogP contribution < -0.4 is 43.8 Å². The zero-order valence-corrected chi connectivity index (χ0v) is 52.8. The first-order valence-corrected chi connectivity index (χ1v) is 32.4. The summed E-state index contributed by atoms with van der Waals surface area (Å²) in [5, 5.41) is 64.7. The van der Waals surface area contributed by atoms with Crippen LogP contribution in [0.5, 0.6) is 0 Å². The van der Waals surface area contributed by atoms with E-state index in [-0.39, 0.29) is 178 Å². The maximum absolute atomic E-state index is 15.4. The van der Waals surface area contributed by atoms with Gasteiger partial charge in [-0.3, -0.25) is 8.97 Å². The first-order valence-electron chi connectivity index (χ1n) is 32.4. The molecule has 6 saturated carbocycles. The van der Waals surface area contributed by atoms with E-state index in [0.29, 0.717) is 17.3 Å². The highest BCUT2D eigenvalue weighted by atomic mass is 79.9. The predicted molar refractivity (Wildman–Crippen MR) is 301 cm³/mol. The number of hydrogen-bond donors (Lipinski definition) is 5. The number of nitrogens with zero attached hydrogens (tertiary/aromatic N) is 4. The van der Waals surface area contributed by atoms with E-state index >= 15 is 4.79 Å². The van der Waals surface area contributed by atoms with Crippen LogP contribution >= 0.6 is 0 Å². The van der Waals surface area contributed by atoms with Gasteiger partial charge in [0, 0.05) is 98.7 Å². The Morgan fingerprint density at radius 1 is 0.679 bits per heavy atom. The fourth-order valence-electron chi connectivity index (χ4n) is 26.9. The van der Waals surface area contributed by atoms with Crippen molar-refractivity contribution in [1.29, 1.82) is 0 Å². The summed E-state index contributed by atoms with van der Waals surface area (Å²) in [5.74, 6) is -0.776. The van der Waals surface area contributed by atoms with Crippen LogP contribution in [-0.2, 0) is 39.4 Å². The molecule has 17 heteroatoms. The van der Waals surface area contributed by atoms with Gasteiger partial charge in [0.15, 0.2) is 25.5 Å². The molecule has 11 heterocycles. The summed E-state index contributed by atoms with van der Waals surface area (Å²) in [5.41, 5.74) is 2.55. The molecular formula is C67H88Br2N4O11. The molecule has 14 fully saturated rings. The number of carbonyl (C=O) groups is 3. The van der Waals surface area contributed by atoms with E-state index in [1.54, 1.807) is 6.08 Å². The second kappa shape index (κ2) is 18.5. The molecule has 2 aromatic carbocycles. The average molecular weight is 1290 g/mol. The molecule has 8 saturated heterocycles. The van der Waals surface area contributed by atoms with E-state index in [0.717, 1.165) is 87.6 Å². The summed E-state index contributed by atoms with van der Waals surface area (Å²) in [6.07, 6.45) is 8.59. The molecule has 29 unspecified atom stereocenters. The average Bonchev–Trinajstić information content (AvgIpc) is 1.47. The Labute approximate surface area is 515 Å². The molecule has 5 N–H and O–H groups in total. The zero-order chi connectivity index (χ0) is 56.5. The minimum absolute atomic E-state index is 0. The Kier molecular flexibility index (Phi) is 12.6. The van der Waals surface area contributed by atoms with Gasteiger partial charge in [0.1, 0.15) is 30.9 Å². The van der Waals surface area contributed by atoms with Crippen LogP contribution in [0.3, 0.4) is 0 Å². The Hall–Kier alpha value is -3.13. The number of cyclic esters (lactones) is 1. The highest BCUT2D eigenvalue weighted by molar-refractivity contribution is 5.85. The lowest BCUT2D eigenvalue weighted by Crippen LogP contribution is -3.00. The smallest absolute Gasteiger partial charge is 0.362 e. The maximum Gasteiger partial charge on any atom is 0.362 e. The van der Waals surface area contributed by atoms with Crippen molar-refractivity contribution in [2.24, 2.45) is 70.0 Å². The molecule has 84 heavy (non-hydrogen) atoms. The van der Waals surface area contributed by atoms with Crippen LogP contribution in [0.25, 0.3) is 0 Å². The number of esters is 3. The van der Waals surface area contributed by atoms with Crippen LogP contribution in [0.15, 0.2) is 60.2 Å². The number of ether oxygens (including phenoxy) is 3. The predicted octanol–water partition coefficient (Wildman–Crippen LogP) is -0.149. The molecular weight excluding hydrogens is 1200 g/mol. The molecule has 2 spiro atoms. The Balaban J connectivity index is 0.00000300. The quantitative estimate of drug-likeness (QED) is 0.127. The third-order valence-corrected chi connectivity index (χ3v) is 29.5. The lowest BCUT2D eigenvalue weighted by molar-refractivity contribution is -1.03. The van der Waals surface area contributed by atoms with Crippen LogP contribution in [-0.4, -0.2) is 165 Å². The van der Waals surface area contributed by atoms with Crippen molar-refractivity contribution in [3.05, 3.63) is 71.3 Å². The van der Waals surface area contributed by atoms with Gasteiger partial charge in [0.25, 0.3) is 0 Å². The number of benzene rings is 2. The number of rotatable bonds is 9. The minimum atomic E-state index is -1.21. The molecule has 0 amide bonds. The van der Waals surface area contributed by atoms with Crippen molar-refractivity contribution in [2.75, 3.05) is 43.6 Å². The number of quaternary nitrogens is 2. The van der Waals surface area contributed by atoms with Gasteiger partial charge >= 0.3 is 17.9 Å². The molecule has 6 aliphatic carbocycles. The molecule has 2 aromatic rings. The van der Waals surface area contributed by atoms with Crippen molar-refractivity contribution in [3.63, 3.8) is 0 Å². The van der Waals surface area contributed by atoms with Gasteiger partial charge in [-0.25, -0.2) is 14.4 Å². The van der Waals surface area contributed by atoms with Crippen molar-refractivity contribution >= 4 is 29.3 Å². The van der Waals surface area contributed by atoms with Gasteiger partial charge in [-0.05, 0) is 122 Å². The third kappa shape index (κ3) is 6.33. The van der Waals surface area contributed by atoms with Crippen molar-refractivity contribution in [3.8, 4) is 0 Å². The second-order valence-electron chi connectivity index (χ2n) is 30.8. The second-order valence-corrected chi connectivity index (χ2v) is 30.8. The highest BCUT2D eigenvalue weighted by Gasteiger charge is 2.86. The van der Waals surface area contributed by atoms with Crippen molar-refractivity contribution in [2.45, 2.75) is 207 Å². The molecule has 456 valence electrons. The Bertz CT molecular complexity index is 3150. The van der Waals surface area contributed by atoms with Crippen LogP contribution in [0.4, 0.5) is 11.4 Å². The van der Waals surface area contributed by atoms with Crippen molar-refractivity contribution in [1.82, 2.24) is 0 Å². The van der Waals surface area contributed by atoms with Crippen molar-refractivity contribution < 1.29 is 97.1 Å². The van der Waals surface area contributed by atoms with E-state index in [1.807, 2.05) is 0 Å². The van der Waals surface area contributed by atoms with Crippen LogP contribution in [0, 0.1) is 70.0 Å². The summed E-state index contributed by atoms with van der Waals surface area (Å²) < 4.78 is 19.8. The molecule has 29 atom stereocenters. The van der Waals surface area contributed by atoms with Crippen LogP contribution in [0.1, 0.15) is 129 Å². The van der Waals surface area contributed by atoms with Gasteiger partial charge in [-0.15, -0.1) is 0 Å². The first-order chi connectivity index (χ1) is 39.3. The molecule has 19 rings (SSSR count). The topological polar surface area (TPSA) is 187 Å². The number of anilines is 2. The number of para-hydroxylation sites is 2. The lowest BCUT2D eigenvalue weighted by Gasteiger charge is -2.67. The largest absolute Gasteiger partial charge is 1.00 e. The number of aliphatic hydroxyl groups is 5. The Morgan fingerprint density at radius 2 is 1.21 bits per heavy atom. The van der Waals surface area contributed by atoms with E-state index < -0.39 is 64.5 Å². The third-order valence-electron chi connectivity index (χ3n) is 29.5. The lowest BCUT2D eigenvalue weighted by atomic mass is 9.43. The summed E-state index contributed by atoms with van der Waals surface area (Å²) in [4.78, 5) is 47.9. The number of hydrogen-bond acceptors (Lipinski definition) is 13. The van der Waals surface area contributed by atoms with Gasteiger partial charge < -0.3 is 83.5 Å². The molecule has 17 aliphatic rings. The number of carbonyl (C=O) groups excluding carboxylic acids is 3. The number of fused-ring (bicyclic) bond motifs is 9. The fraction of sp³-hybridized carbons (Fsp3) is 0.746. The monoisotopic (exact) mass is 1280 g/mol. The molecule has 0 radical (unpaired) electrons.